The van der Waals surface area contributed by atoms with Gasteiger partial charge in [0.1, 0.15) is 5.03 Å². The Hall–Kier alpha value is -1.83. The van der Waals surface area contributed by atoms with Gasteiger partial charge in [0.15, 0.2) is 5.82 Å². The molecule has 0 unspecified atom stereocenters. The van der Waals surface area contributed by atoms with Crippen LogP contribution in [0.15, 0.2) is 17.4 Å². The molecule has 0 saturated carbocycles. The molecule has 0 fully saturated rings. The summed E-state index contributed by atoms with van der Waals surface area (Å²) in [7, 11) is 0. The van der Waals surface area contributed by atoms with Crippen LogP contribution < -0.4 is 16.4 Å². The van der Waals surface area contributed by atoms with Crippen LogP contribution in [0.25, 0.3) is 0 Å². The van der Waals surface area contributed by atoms with Crippen LogP contribution in [0.1, 0.15) is 20.8 Å². The van der Waals surface area contributed by atoms with E-state index in [9.17, 15) is 9.59 Å². The van der Waals surface area contributed by atoms with Crippen molar-refractivity contribution in [3.63, 3.8) is 0 Å². The van der Waals surface area contributed by atoms with E-state index in [4.69, 9.17) is 5.73 Å². The fourth-order valence-electron chi connectivity index (χ4n) is 1.12. The number of hydrogen-bond donors (Lipinski definition) is 3. The molecule has 104 valence electrons. The number of rotatable bonds is 3. The highest BCUT2D eigenvalue weighted by Gasteiger charge is 2.16. The van der Waals surface area contributed by atoms with Gasteiger partial charge in [0.25, 0.3) is 0 Å². The maximum absolute atomic E-state index is 11.5. The van der Waals surface area contributed by atoms with Gasteiger partial charge >= 0.3 is 6.03 Å². The van der Waals surface area contributed by atoms with Crippen molar-refractivity contribution < 1.29 is 9.59 Å². The summed E-state index contributed by atoms with van der Waals surface area (Å²) in [5.41, 5.74) is 5.19. The number of thioether (sulfide) groups is 1. The highest BCUT2D eigenvalue weighted by atomic mass is 32.2. The van der Waals surface area contributed by atoms with Crippen LogP contribution >= 0.6 is 11.8 Å². The van der Waals surface area contributed by atoms with E-state index >= 15 is 0 Å². The predicted octanol–water partition coefficient (Wildman–Crippen LogP) is 0.775. The quantitative estimate of drug-likeness (QED) is 0.707. The van der Waals surface area contributed by atoms with Gasteiger partial charge in [0, 0.05) is 17.9 Å². The molecule has 1 aromatic rings. The molecule has 1 rings (SSSR count). The second-order valence-electron chi connectivity index (χ2n) is 4.79. The van der Waals surface area contributed by atoms with Crippen molar-refractivity contribution in [3.05, 3.63) is 12.4 Å². The van der Waals surface area contributed by atoms with E-state index in [1.165, 1.54) is 12.4 Å². The summed E-state index contributed by atoms with van der Waals surface area (Å²) in [6, 6.07) is -0.523. The number of carbonyl (C=O) groups excluding carboxylic acids is 2. The summed E-state index contributed by atoms with van der Waals surface area (Å²) in [5.74, 6) is -0.114. The molecule has 0 aliphatic carbocycles. The number of carbonyl (C=O) groups is 2. The highest BCUT2D eigenvalue weighted by molar-refractivity contribution is 8.00. The molecule has 1 aromatic heterocycles. The van der Waals surface area contributed by atoms with E-state index in [2.05, 4.69) is 20.6 Å². The first kappa shape index (κ1) is 15.2. The zero-order valence-electron chi connectivity index (χ0n) is 11.1. The molecule has 0 saturated heterocycles. The second kappa shape index (κ2) is 6.37. The van der Waals surface area contributed by atoms with E-state index in [-0.39, 0.29) is 11.6 Å². The van der Waals surface area contributed by atoms with Crippen LogP contribution in [0, 0.1) is 0 Å². The summed E-state index contributed by atoms with van der Waals surface area (Å²) in [6.45, 7) is 5.48. The molecular weight excluding hydrogens is 266 g/mol. The number of nitrogens with two attached hydrogens (primary N) is 1. The fraction of sp³-hybridized carbons (Fsp3) is 0.455. The number of anilines is 1. The highest BCUT2D eigenvalue weighted by Crippen LogP contribution is 2.18. The van der Waals surface area contributed by atoms with Gasteiger partial charge in [-0.25, -0.2) is 14.8 Å². The first-order valence-corrected chi connectivity index (χ1v) is 6.58. The zero-order valence-corrected chi connectivity index (χ0v) is 11.9. The number of aromatic nitrogens is 2. The van der Waals surface area contributed by atoms with Crippen LogP contribution in [-0.2, 0) is 4.79 Å². The smallest absolute Gasteiger partial charge is 0.321 e. The van der Waals surface area contributed by atoms with E-state index in [1.807, 2.05) is 20.8 Å². The lowest BCUT2D eigenvalue weighted by Gasteiger charge is -2.20. The summed E-state index contributed by atoms with van der Waals surface area (Å²) in [5, 5.41) is 5.32. The minimum atomic E-state index is -0.523. The lowest BCUT2D eigenvalue weighted by atomic mass is 10.1. The van der Waals surface area contributed by atoms with Crippen molar-refractivity contribution in [2.24, 2.45) is 0 Å². The van der Waals surface area contributed by atoms with Crippen molar-refractivity contribution >= 4 is 29.5 Å². The molecule has 7 nitrogen and oxygen atoms in total. The Kier molecular flexibility index (Phi) is 5.11. The van der Waals surface area contributed by atoms with Crippen molar-refractivity contribution in [2.75, 3.05) is 11.5 Å². The molecule has 1 heterocycles. The molecule has 19 heavy (non-hydrogen) atoms. The van der Waals surface area contributed by atoms with Gasteiger partial charge in [-0.1, -0.05) is 11.8 Å². The largest absolute Gasteiger partial charge is 0.381 e. The summed E-state index contributed by atoms with van der Waals surface area (Å²) >= 11 is 1.12. The molecule has 8 heteroatoms. The standard InChI is InChI=1S/C11H17N5O2S/c1-11(2,3)16-10(18)15-7(17)6-19-9-8(12)13-4-5-14-9/h4-5H,6H2,1-3H3,(H2,12,13)(H2,15,16,17,18). The van der Waals surface area contributed by atoms with Gasteiger partial charge in [-0.3, -0.25) is 10.1 Å². The topological polar surface area (TPSA) is 110 Å². The van der Waals surface area contributed by atoms with E-state index in [1.54, 1.807) is 0 Å². The van der Waals surface area contributed by atoms with Crippen molar-refractivity contribution in [1.82, 2.24) is 20.6 Å². The van der Waals surface area contributed by atoms with Gasteiger partial charge in [0.05, 0.1) is 5.75 Å². The average molecular weight is 283 g/mol. The molecule has 0 radical (unpaired) electrons. The minimum absolute atomic E-state index is 0.0421. The normalized spacial score (nSPS) is 10.9. The van der Waals surface area contributed by atoms with Crippen LogP contribution in [0.2, 0.25) is 0 Å². The Morgan fingerprint density at radius 2 is 1.95 bits per heavy atom. The number of nitrogens with one attached hydrogen (secondary N) is 2. The molecular formula is C11H17N5O2S. The van der Waals surface area contributed by atoms with Gasteiger partial charge in [-0.15, -0.1) is 0 Å². The number of amides is 3. The van der Waals surface area contributed by atoms with E-state index in [0.29, 0.717) is 5.03 Å². The van der Waals surface area contributed by atoms with Gasteiger partial charge in [-0.2, -0.15) is 0 Å². The monoisotopic (exact) mass is 283 g/mol. The first-order valence-electron chi connectivity index (χ1n) is 5.59. The molecule has 0 aromatic carbocycles. The Balaban J connectivity index is 2.40. The van der Waals surface area contributed by atoms with Gasteiger partial charge in [-0.05, 0) is 20.8 Å². The average Bonchev–Trinajstić information content (AvgIpc) is 2.25. The third-order valence-electron chi connectivity index (χ3n) is 1.77. The summed E-state index contributed by atoms with van der Waals surface area (Å²) < 4.78 is 0. The Labute approximate surface area is 115 Å². The van der Waals surface area contributed by atoms with Gasteiger partial charge in [0.2, 0.25) is 5.91 Å². The van der Waals surface area contributed by atoms with Crippen LogP contribution in [0.4, 0.5) is 10.6 Å². The van der Waals surface area contributed by atoms with E-state index in [0.717, 1.165) is 11.8 Å². The van der Waals surface area contributed by atoms with Crippen LogP contribution in [0.5, 0.6) is 0 Å². The molecule has 0 bridgehead atoms. The molecule has 0 spiro atoms. The maximum Gasteiger partial charge on any atom is 0.321 e. The van der Waals surface area contributed by atoms with Crippen molar-refractivity contribution in [3.8, 4) is 0 Å². The molecule has 3 amide bonds. The third-order valence-corrected chi connectivity index (χ3v) is 2.77. The number of imide groups is 1. The zero-order chi connectivity index (χ0) is 14.5. The summed E-state index contributed by atoms with van der Waals surface area (Å²) in [4.78, 5) is 30.8. The fourth-order valence-corrected chi connectivity index (χ4v) is 1.79. The Bertz CT molecular complexity index is 472. The first-order chi connectivity index (χ1) is 8.78. The number of nitrogen functional groups attached to an aromatic ring is 1. The number of nitrogens with zero attached hydrogens (tertiary/aromatic N) is 2. The van der Waals surface area contributed by atoms with Crippen LogP contribution in [-0.4, -0.2) is 33.2 Å². The lowest BCUT2D eigenvalue weighted by molar-refractivity contribution is -0.117. The van der Waals surface area contributed by atoms with Crippen molar-refractivity contribution in [2.45, 2.75) is 31.3 Å². The molecule has 0 aliphatic rings. The van der Waals surface area contributed by atoms with E-state index < -0.39 is 17.5 Å². The molecule has 0 atom stereocenters. The number of hydrogen-bond acceptors (Lipinski definition) is 6. The SMILES string of the molecule is CC(C)(C)NC(=O)NC(=O)CSc1nccnc1N. The minimum Gasteiger partial charge on any atom is -0.381 e. The van der Waals surface area contributed by atoms with Crippen LogP contribution in [0.3, 0.4) is 0 Å². The number of urea groups is 1. The molecule has 0 aliphatic heterocycles. The Morgan fingerprint density at radius 3 is 2.53 bits per heavy atom. The Morgan fingerprint density at radius 1 is 1.32 bits per heavy atom. The lowest BCUT2D eigenvalue weighted by Crippen LogP contribution is -2.48. The van der Waals surface area contributed by atoms with Crippen molar-refractivity contribution in [1.29, 1.82) is 0 Å². The maximum atomic E-state index is 11.5. The predicted molar refractivity (Wildman–Crippen MR) is 73.6 cm³/mol. The second-order valence-corrected chi connectivity index (χ2v) is 5.75. The summed E-state index contributed by atoms with van der Waals surface area (Å²) in [6.07, 6.45) is 2.96. The van der Waals surface area contributed by atoms with Gasteiger partial charge < -0.3 is 11.1 Å². The third kappa shape index (κ3) is 6.05. The molecule has 4 N–H and O–H groups in total.